The number of para-hydroxylation sites is 1. The monoisotopic (exact) mass is 560 g/mol. The van der Waals surface area contributed by atoms with Gasteiger partial charge in [0.2, 0.25) is 0 Å². The summed E-state index contributed by atoms with van der Waals surface area (Å²) in [4.78, 5) is 27.3. The van der Waals surface area contributed by atoms with E-state index in [1.807, 2.05) is 41.1 Å². The van der Waals surface area contributed by atoms with Gasteiger partial charge in [-0.1, -0.05) is 76.7 Å². The quantitative estimate of drug-likeness (QED) is 0.229. The van der Waals surface area contributed by atoms with Crippen LogP contribution >= 0.6 is 58.2 Å². The molecule has 1 aromatic heterocycles. The molecule has 1 saturated heterocycles. The molecule has 35 heavy (non-hydrogen) atoms. The summed E-state index contributed by atoms with van der Waals surface area (Å²) in [5.41, 5.74) is 3.31. The van der Waals surface area contributed by atoms with Crippen molar-refractivity contribution in [2.45, 2.75) is 13.1 Å². The Bertz CT molecular complexity index is 1510. The highest BCUT2D eigenvalue weighted by molar-refractivity contribution is 8.18. The minimum absolute atomic E-state index is 0.117. The van der Waals surface area contributed by atoms with E-state index in [2.05, 4.69) is 0 Å². The van der Waals surface area contributed by atoms with Crippen molar-refractivity contribution in [2.75, 3.05) is 0 Å². The molecule has 3 aromatic carbocycles. The number of thioether (sulfide) groups is 1. The first kappa shape index (κ1) is 24.3. The first-order valence-corrected chi connectivity index (χ1v) is 12.8. The van der Waals surface area contributed by atoms with Crippen LogP contribution in [0, 0.1) is 0 Å². The molecule has 1 aliphatic heterocycles. The molecule has 0 N–H and O–H groups in total. The van der Waals surface area contributed by atoms with Crippen molar-refractivity contribution >= 4 is 86.3 Å². The van der Waals surface area contributed by atoms with Crippen molar-refractivity contribution in [3.8, 4) is 0 Å². The number of aromatic nitrogens is 1. The summed E-state index contributed by atoms with van der Waals surface area (Å²) in [7, 11) is 0. The van der Waals surface area contributed by atoms with Gasteiger partial charge in [0.05, 0.1) is 28.0 Å². The lowest BCUT2D eigenvalue weighted by Crippen LogP contribution is -2.27. The van der Waals surface area contributed by atoms with E-state index in [1.165, 1.54) is 4.90 Å². The lowest BCUT2D eigenvalue weighted by Gasteiger charge is -2.12. The molecule has 0 unspecified atom stereocenters. The smallest absolute Gasteiger partial charge is 0.293 e. The van der Waals surface area contributed by atoms with Crippen LogP contribution in [0.25, 0.3) is 17.0 Å². The highest BCUT2D eigenvalue weighted by atomic mass is 35.5. The maximum absolute atomic E-state index is 13.1. The number of carbonyl (C=O) groups excluding carboxylic acids is 2. The zero-order valence-electron chi connectivity index (χ0n) is 18.0. The van der Waals surface area contributed by atoms with E-state index >= 15 is 0 Å². The highest BCUT2D eigenvalue weighted by Crippen LogP contribution is 2.36. The maximum atomic E-state index is 13.1. The van der Waals surface area contributed by atoms with Crippen molar-refractivity contribution in [1.29, 1.82) is 0 Å². The van der Waals surface area contributed by atoms with Gasteiger partial charge >= 0.3 is 0 Å². The number of fused-ring (bicyclic) bond motifs is 1. The molecule has 1 fully saturated rings. The summed E-state index contributed by atoms with van der Waals surface area (Å²) >= 11 is 25.8. The Balaban J connectivity index is 1.47. The summed E-state index contributed by atoms with van der Waals surface area (Å²) in [6.45, 7) is 0.581. The van der Waals surface area contributed by atoms with Crippen LogP contribution in [-0.4, -0.2) is 20.6 Å². The molecule has 0 aliphatic carbocycles. The van der Waals surface area contributed by atoms with Crippen molar-refractivity contribution < 1.29 is 9.59 Å². The average Bonchev–Trinajstić information content (AvgIpc) is 3.31. The fraction of sp³-hybridized carbons (Fsp3) is 0.0769. The second-order valence-electron chi connectivity index (χ2n) is 7.95. The van der Waals surface area contributed by atoms with Gasteiger partial charge in [0, 0.05) is 38.3 Å². The van der Waals surface area contributed by atoms with E-state index in [0.717, 1.165) is 39.4 Å². The number of nitrogens with zero attached hydrogens (tertiary/aromatic N) is 2. The molecule has 0 atom stereocenters. The predicted molar refractivity (Wildman–Crippen MR) is 145 cm³/mol. The third-order valence-electron chi connectivity index (χ3n) is 5.69. The van der Waals surface area contributed by atoms with Crippen molar-refractivity contribution in [1.82, 2.24) is 9.47 Å². The number of amides is 2. The molecule has 4 nitrogen and oxygen atoms in total. The van der Waals surface area contributed by atoms with Gasteiger partial charge in [-0.15, -0.1) is 0 Å². The van der Waals surface area contributed by atoms with Crippen LogP contribution in [0.1, 0.15) is 16.7 Å². The van der Waals surface area contributed by atoms with Crippen LogP contribution in [0.5, 0.6) is 0 Å². The standard InChI is InChI=1S/C26H16Cl4N2O2S/c27-19-5-3-6-20(28)18(19)14-31-13-16(17-4-1-2-7-23(17)31)11-24-25(33)32(26(34)35-24)12-15-8-9-21(29)22(30)10-15/h1-11,13H,12,14H2/b24-11-. The predicted octanol–water partition coefficient (Wildman–Crippen LogP) is 8.54. The molecule has 4 aromatic rings. The molecule has 0 saturated carbocycles. The van der Waals surface area contributed by atoms with E-state index in [0.29, 0.717) is 31.5 Å². The van der Waals surface area contributed by atoms with Crippen LogP contribution in [0.2, 0.25) is 20.1 Å². The molecular formula is C26H16Cl4N2O2S. The Morgan fingerprint density at radius 2 is 1.54 bits per heavy atom. The van der Waals surface area contributed by atoms with Crippen molar-refractivity contribution in [3.63, 3.8) is 0 Å². The van der Waals surface area contributed by atoms with Crippen molar-refractivity contribution in [2.24, 2.45) is 0 Å². The van der Waals surface area contributed by atoms with Gasteiger partial charge in [-0.2, -0.15) is 0 Å². The molecule has 2 amide bonds. The minimum Gasteiger partial charge on any atom is -0.342 e. The first-order valence-electron chi connectivity index (χ1n) is 10.5. The van der Waals surface area contributed by atoms with E-state index in [-0.39, 0.29) is 17.7 Å². The van der Waals surface area contributed by atoms with Crippen molar-refractivity contribution in [3.05, 3.63) is 109 Å². The fourth-order valence-corrected chi connectivity index (χ4v) is 5.64. The molecule has 176 valence electrons. The lowest BCUT2D eigenvalue weighted by molar-refractivity contribution is -0.123. The number of hydrogen-bond donors (Lipinski definition) is 0. The molecular weight excluding hydrogens is 546 g/mol. The number of halogens is 4. The molecule has 0 radical (unpaired) electrons. The molecule has 9 heteroatoms. The largest absolute Gasteiger partial charge is 0.342 e. The number of benzene rings is 3. The Morgan fingerprint density at radius 3 is 2.29 bits per heavy atom. The summed E-state index contributed by atoms with van der Waals surface area (Å²) in [6.07, 6.45) is 3.70. The summed E-state index contributed by atoms with van der Waals surface area (Å²) < 4.78 is 2.04. The second kappa shape index (κ2) is 9.92. The number of rotatable bonds is 5. The van der Waals surface area contributed by atoms with E-state index in [4.69, 9.17) is 46.4 Å². The molecule has 0 spiro atoms. The third kappa shape index (κ3) is 4.84. The second-order valence-corrected chi connectivity index (χ2v) is 10.6. The topological polar surface area (TPSA) is 42.3 Å². The Kier molecular flexibility index (Phi) is 6.88. The average molecular weight is 562 g/mol. The summed E-state index contributed by atoms with van der Waals surface area (Å²) in [5.74, 6) is -0.350. The van der Waals surface area contributed by atoms with Gasteiger partial charge in [-0.05, 0) is 53.7 Å². The highest BCUT2D eigenvalue weighted by Gasteiger charge is 2.35. The fourth-order valence-electron chi connectivity index (χ4n) is 3.97. The lowest BCUT2D eigenvalue weighted by atomic mass is 10.1. The normalized spacial score (nSPS) is 15.1. The van der Waals surface area contributed by atoms with Gasteiger partial charge in [0.15, 0.2) is 0 Å². The molecule has 0 bridgehead atoms. The van der Waals surface area contributed by atoms with Crippen LogP contribution < -0.4 is 0 Å². The summed E-state index contributed by atoms with van der Waals surface area (Å²) in [5, 5.41) is 2.57. The van der Waals surface area contributed by atoms with Gasteiger partial charge in [-0.3, -0.25) is 14.5 Å². The van der Waals surface area contributed by atoms with Crippen LogP contribution in [0.15, 0.2) is 71.8 Å². The SMILES string of the molecule is O=C1S/C(=C\c2cn(Cc3c(Cl)cccc3Cl)c3ccccc23)C(=O)N1Cc1ccc(Cl)c(Cl)c1. The van der Waals surface area contributed by atoms with E-state index in [1.54, 1.807) is 36.4 Å². The van der Waals surface area contributed by atoms with Gasteiger partial charge in [0.25, 0.3) is 11.1 Å². The molecule has 5 rings (SSSR count). The number of carbonyl (C=O) groups is 2. The van der Waals surface area contributed by atoms with E-state index < -0.39 is 0 Å². The third-order valence-corrected chi connectivity index (χ3v) is 8.05. The van der Waals surface area contributed by atoms with Crippen LogP contribution in [0.4, 0.5) is 4.79 Å². The van der Waals surface area contributed by atoms with Crippen LogP contribution in [0.3, 0.4) is 0 Å². The van der Waals surface area contributed by atoms with Gasteiger partial charge in [-0.25, -0.2) is 0 Å². The molecule has 1 aliphatic rings. The first-order chi connectivity index (χ1) is 16.8. The summed E-state index contributed by atoms with van der Waals surface area (Å²) in [6, 6.07) is 18.3. The molecule has 2 heterocycles. The minimum atomic E-state index is -0.350. The van der Waals surface area contributed by atoms with E-state index in [9.17, 15) is 9.59 Å². The van der Waals surface area contributed by atoms with Gasteiger partial charge < -0.3 is 4.57 Å². The zero-order valence-corrected chi connectivity index (χ0v) is 21.8. The zero-order chi connectivity index (χ0) is 24.7. The van der Waals surface area contributed by atoms with Crippen LogP contribution in [-0.2, 0) is 17.9 Å². The Morgan fingerprint density at radius 1 is 0.800 bits per heavy atom. The Hall–Kier alpha value is -2.41. The number of imide groups is 1. The Labute approximate surface area is 226 Å². The maximum Gasteiger partial charge on any atom is 0.293 e. The van der Waals surface area contributed by atoms with Gasteiger partial charge in [0.1, 0.15) is 0 Å². The number of hydrogen-bond acceptors (Lipinski definition) is 3.